The van der Waals surface area contributed by atoms with E-state index in [2.05, 4.69) is 0 Å². The molecule has 0 saturated heterocycles. The van der Waals surface area contributed by atoms with Gasteiger partial charge in [-0.15, -0.1) is 0 Å². The van der Waals surface area contributed by atoms with Crippen molar-refractivity contribution in [2.45, 2.75) is 0 Å². The van der Waals surface area contributed by atoms with Gasteiger partial charge in [0.05, 0.1) is 0 Å². The van der Waals surface area contributed by atoms with Crippen LogP contribution in [0.3, 0.4) is 0 Å². The third kappa shape index (κ3) is 5.35. The van der Waals surface area contributed by atoms with Crippen LogP contribution in [-0.2, 0) is 4.79 Å². The van der Waals surface area contributed by atoms with E-state index in [1.165, 1.54) is 24.3 Å². The Morgan fingerprint density at radius 3 is 2.14 bits per heavy atom. The second-order valence-corrected chi connectivity index (χ2v) is 5.91. The molecule has 0 fully saturated rings. The molecule has 0 heterocycles. The molecule has 28 heavy (non-hydrogen) atoms. The Balaban J connectivity index is 1.60. The van der Waals surface area contributed by atoms with Crippen molar-refractivity contribution in [3.8, 4) is 5.75 Å². The Morgan fingerprint density at radius 2 is 1.43 bits per heavy atom. The summed E-state index contributed by atoms with van der Waals surface area (Å²) in [6.45, 7) is 0. The predicted molar refractivity (Wildman–Crippen MR) is 107 cm³/mol. The van der Waals surface area contributed by atoms with Crippen molar-refractivity contribution >= 4 is 23.9 Å². The molecule has 3 aromatic carbocycles. The minimum atomic E-state index is -0.512. The van der Waals surface area contributed by atoms with E-state index in [4.69, 9.17) is 4.74 Å². The first kappa shape index (κ1) is 19.0. The molecule has 0 amide bonds. The summed E-state index contributed by atoms with van der Waals surface area (Å²) in [6, 6.07) is 21.8. The molecule has 0 atom stereocenters. The molecule has 0 aliphatic heterocycles. The summed E-state index contributed by atoms with van der Waals surface area (Å²) in [4.78, 5) is 24.1. The van der Waals surface area contributed by atoms with Gasteiger partial charge < -0.3 is 4.74 Å². The van der Waals surface area contributed by atoms with Crippen molar-refractivity contribution in [1.82, 2.24) is 0 Å². The third-order valence-corrected chi connectivity index (χ3v) is 3.89. The summed E-state index contributed by atoms with van der Waals surface area (Å²) in [5.41, 5.74) is 1.64. The fourth-order valence-corrected chi connectivity index (χ4v) is 2.44. The lowest BCUT2D eigenvalue weighted by Gasteiger charge is -2.02. The van der Waals surface area contributed by atoms with Gasteiger partial charge in [-0.05, 0) is 54.1 Å². The van der Waals surface area contributed by atoms with Crippen LogP contribution < -0.4 is 4.74 Å². The Morgan fingerprint density at radius 1 is 0.750 bits per heavy atom. The lowest BCUT2D eigenvalue weighted by atomic mass is 10.1. The molecule has 0 bridgehead atoms. The van der Waals surface area contributed by atoms with Gasteiger partial charge in [0.1, 0.15) is 11.6 Å². The van der Waals surface area contributed by atoms with E-state index in [1.54, 1.807) is 48.5 Å². The average molecular weight is 372 g/mol. The molecule has 0 aliphatic carbocycles. The highest BCUT2D eigenvalue weighted by atomic mass is 19.1. The topological polar surface area (TPSA) is 43.4 Å². The zero-order valence-electron chi connectivity index (χ0n) is 14.9. The molecule has 0 spiro atoms. The van der Waals surface area contributed by atoms with Gasteiger partial charge in [0.2, 0.25) is 0 Å². The Kier molecular flexibility index (Phi) is 6.26. The van der Waals surface area contributed by atoms with Crippen LogP contribution in [0.1, 0.15) is 21.5 Å². The molecule has 0 aromatic heterocycles. The molecular weight excluding hydrogens is 355 g/mol. The summed E-state index contributed by atoms with van der Waals surface area (Å²) < 4.78 is 18.8. The third-order valence-electron chi connectivity index (χ3n) is 3.89. The fourth-order valence-electron chi connectivity index (χ4n) is 2.44. The minimum absolute atomic E-state index is 0.273. The average Bonchev–Trinajstić information content (AvgIpc) is 2.73. The van der Waals surface area contributed by atoms with Crippen LogP contribution in [0.25, 0.3) is 12.2 Å². The molecule has 138 valence electrons. The Hall–Kier alpha value is -3.79. The van der Waals surface area contributed by atoms with Crippen LogP contribution in [0.4, 0.5) is 4.39 Å². The van der Waals surface area contributed by atoms with E-state index in [0.717, 1.165) is 5.56 Å². The molecule has 3 nitrogen and oxygen atoms in total. The smallest absolute Gasteiger partial charge is 0.336 e. The number of hydrogen-bond acceptors (Lipinski definition) is 3. The number of benzene rings is 3. The lowest BCUT2D eigenvalue weighted by Crippen LogP contribution is -2.04. The van der Waals surface area contributed by atoms with Gasteiger partial charge >= 0.3 is 5.97 Å². The first-order valence-corrected chi connectivity index (χ1v) is 8.64. The number of ketones is 1. The second kappa shape index (κ2) is 9.24. The first-order chi connectivity index (χ1) is 13.6. The van der Waals surface area contributed by atoms with Crippen LogP contribution in [0.2, 0.25) is 0 Å². The van der Waals surface area contributed by atoms with E-state index >= 15 is 0 Å². The highest BCUT2D eigenvalue weighted by Gasteiger charge is 2.05. The summed E-state index contributed by atoms with van der Waals surface area (Å²) in [7, 11) is 0. The first-order valence-electron chi connectivity index (χ1n) is 8.64. The molecule has 0 N–H and O–H groups in total. The van der Waals surface area contributed by atoms with E-state index in [1.807, 2.05) is 30.3 Å². The van der Waals surface area contributed by atoms with Crippen LogP contribution in [0, 0.1) is 5.82 Å². The van der Waals surface area contributed by atoms with Gasteiger partial charge in [-0.2, -0.15) is 0 Å². The number of ether oxygens (including phenoxy) is 1. The van der Waals surface area contributed by atoms with Crippen LogP contribution in [0.15, 0.2) is 91.0 Å². The summed E-state index contributed by atoms with van der Waals surface area (Å²) in [5.74, 6) is -0.845. The number of halogens is 1. The largest absolute Gasteiger partial charge is 0.423 e. The van der Waals surface area contributed by atoms with Crippen LogP contribution in [-0.4, -0.2) is 11.8 Å². The SMILES string of the molecule is O=C(C=Cc1ccccc1)Oc1ccc(C(=O)C=Cc2ccccc2F)cc1. The van der Waals surface area contributed by atoms with Crippen molar-refractivity contribution < 1.29 is 18.7 Å². The highest BCUT2D eigenvalue weighted by Crippen LogP contribution is 2.15. The summed E-state index contributed by atoms with van der Waals surface area (Å²) in [6.07, 6.45) is 5.74. The van der Waals surface area contributed by atoms with Crippen molar-refractivity contribution in [1.29, 1.82) is 0 Å². The molecule has 0 unspecified atom stereocenters. The van der Waals surface area contributed by atoms with E-state index < -0.39 is 11.8 Å². The maximum absolute atomic E-state index is 13.6. The number of rotatable bonds is 6. The second-order valence-electron chi connectivity index (χ2n) is 5.91. The monoisotopic (exact) mass is 372 g/mol. The molecule has 4 heteroatoms. The molecule has 0 radical (unpaired) electrons. The van der Waals surface area contributed by atoms with Gasteiger partial charge in [-0.1, -0.05) is 48.5 Å². The van der Waals surface area contributed by atoms with Crippen molar-refractivity contribution in [3.05, 3.63) is 114 Å². The standard InChI is InChI=1S/C24H17FO3/c25-22-9-5-4-8-19(22)13-16-23(26)20-11-14-21(15-12-20)28-24(27)17-10-18-6-2-1-3-7-18/h1-17H. The normalized spacial score (nSPS) is 11.0. The summed E-state index contributed by atoms with van der Waals surface area (Å²) >= 11 is 0. The highest BCUT2D eigenvalue weighted by molar-refractivity contribution is 6.06. The number of esters is 1. The van der Waals surface area contributed by atoms with Gasteiger partial charge in [0.25, 0.3) is 0 Å². The van der Waals surface area contributed by atoms with Gasteiger partial charge in [-0.3, -0.25) is 4.79 Å². The molecule has 3 rings (SSSR count). The van der Waals surface area contributed by atoms with Gasteiger partial charge in [-0.25, -0.2) is 9.18 Å². The van der Waals surface area contributed by atoms with E-state index in [-0.39, 0.29) is 5.78 Å². The number of allylic oxidation sites excluding steroid dienone is 1. The fraction of sp³-hybridized carbons (Fsp3) is 0. The van der Waals surface area contributed by atoms with E-state index in [0.29, 0.717) is 16.9 Å². The predicted octanol–water partition coefficient (Wildman–Crippen LogP) is 5.34. The zero-order valence-corrected chi connectivity index (χ0v) is 14.9. The van der Waals surface area contributed by atoms with Crippen molar-refractivity contribution in [3.63, 3.8) is 0 Å². The summed E-state index contributed by atoms with van der Waals surface area (Å²) in [5, 5.41) is 0. The number of carbonyl (C=O) groups excluding carboxylic acids is 2. The molecule has 0 aliphatic rings. The molecular formula is C24H17FO3. The molecule has 0 saturated carbocycles. The molecule has 3 aromatic rings. The van der Waals surface area contributed by atoms with Crippen LogP contribution >= 0.6 is 0 Å². The zero-order chi connectivity index (χ0) is 19.8. The number of hydrogen-bond donors (Lipinski definition) is 0. The lowest BCUT2D eigenvalue weighted by molar-refractivity contribution is -0.128. The minimum Gasteiger partial charge on any atom is -0.423 e. The van der Waals surface area contributed by atoms with Crippen molar-refractivity contribution in [2.75, 3.05) is 0 Å². The van der Waals surface area contributed by atoms with Crippen LogP contribution in [0.5, 0.6) is 5.75 Å². The van der Waals surface area contributed by atoms with Gasteiger partial charge in [0, 0.05) is 17.2 Å². The maximum Gasteiger partial charge on any atom is 0.336 e. The van der Waals surface area contributed by atoms with Gasteiger partial charge in [0.15, 0.2) is 5.78 Å². The Labute approximate surface area is 162 Å². The number of carbonyl (C=O) groups is 2. The van der Waals surface area contributed by atoms with Crippen molar-refractivity contribution in [2.24, 2.45) is 0 Å². The maximum atomic E-state index is 13.6. The Bertz CT molecular complexity index is 1020. The quantitative estimate of drug-likeness (QED) is 0.254. The van der Waals surface area contributed by atoms with E-state index in [9.17, 15) is 14.0 Å².